The van der Waals surface area contributed by atoms with E-state index < -0.39 is 10.3 Å². The van der Waals surface area contributed by atoms with Crippen LogP contribution in [-0.2, 0) is 4.79 Å². The van der Waals surface area contributed by atoms with E-state index in [2.05, 4.69) is 15.6 Å². The SMILES string of the molecule is Cc1cc(NCCNC(=O)C(C)(C)C)ncc1[N+](=O)[O-]. The predicted octanol–water partition coefficient (Wildman–Crippen LogP) is 1.87. The molecule has 0 fully saturated rings. The monoisotopic (exact) mass is 280 g/mol. The third-order valence-corrected chi connectivity index (χ3v) is 2.68. The number of hydrogen-bond acceptors (Lipinski definition) is 5. The number of aryl methyl sites for hydroxylation is 1. The van der Waals surface area contributed by atoms with Gasteiger partial charge in [0.2, 0.25) is 5.91 Å². The Morgan fingerprint density at radius 3 is 2.55 bits per heavy atom. The maximum atomic E-state index is 11.6. The van der Waals surface area contributed by atoms with E-state index >= 15 is 0 Å². The van der Waals surface area contributed by atoms with Gasteiger partial charge in [-0.15, -0.1) is 0 Å². The van der Waals surface area contributed by atoms with Gasteiger partial charge in [-0.05, 0) is 13.0 Å². The van der Waals surface area contributed by atoms with Crippen molar-refractivity contribution in [1.29, 1.82) is 0 Å². The number of nitro groups is 1. The summed E-state index contributed by atoms with van der Waals surface area (Å²) in [7, 11) is 0. The van der Waals surface area contributed by atoms with Crippen LogP contribution in [0.1, 0.15) is 26.3 Å². The molecular formula is C13H20N4O3. The van der Waals surface area contributed by atoms with Crippen LogP contribution in [0.5, 0.6) is 0 Å². The summed E-state index contributed by atoms with van der Waals surface area (Å²) in [5.74, 6) is 0.533. The van der Waals surface area contributed by atoms with Gasteiger partial charge < -0.3 is 10.6 Å². The summed E-state index contributed by atoms with van der Waals surface area (Å²) in [5.41, 5.74) is 0.130. The first kappa shape index (κ1) is 15.9. The van der Waals surface area contributed by atoms with Crippen LogP contribution in [0.2, 0.25) is 0 Å². The van der Waals surface area contributed by atoms with Crippen molar-refractivity contribution in [2.45, 2.75) is 27.7 Å². The Kier molecular flexibility index (Phi) is 5.01. The summed E-state index contributed by atoms with van der Waals surface area (Å²) in [5, 5.41) is 16.5. The van der Waals surface area contributed by atoms with E-state index in [1.807, 2.05) is 20.8 Å². The van der Waals surface area contributed by atoms with Crippen LogP contribution in [-0.4, -0.2) is 28.9 Å². The molecule has 7 nitrogen and oxygen atoms in total. The molecule has 20 heavy (non-hydrogen) atoms. The minimum Gasteiger partial charge on any atom is -0.368 e. The van der Waals surface area contributed by atoms with Gasteiger partial charge in [0.1, 0.15) is 12.0 Å². The maximum Gasteiger partial charge on any atom is 0.290 e. The van der Waals surface area contributed by atoms with Crippen molar-refractivity contribution in [1.82, 2.24) is 10.3 Å². The molecule has 0 bridgehead atoms. The van der Waals surface area contributed by atoms with E-state index in [-0.39, 0.29) is 11.6 Å². The van der Waals surface area contributed by atoms with Gasteiger partial charge in [0.05, 0.1) is 4.92 Å². The van der Waals surface area contributed by atoms with E-state index in [1.165, 1.54) is 6.20 Å². The van der Waals surface area contributed by atoms with Gasteiger partial charge in [0.15, 0.2) is 0 Å². The fraction of sp³-hybridized carbons (Fsp3) is 0.538. The molecule has 1 aromatic heterocycles. The van der Waals surface area contributed by atoms with Gasteiger partial charge >= 0.3 is 0 Å². The minimum atomic E-state index is -0.463. The largest absolute Gasteiger partial charge is 0.368 e. The third-order valence-electron chi connectivity index (χ3n) is 2.68. The van der Waals surface area contributed by atoms with Crippen LogP contribution in [0, 0.1) is 22.5 Å². The molecule has 1 rings (SSSR count). The Balaban J connectivity index is 2.46. The summed E-state index contributed by atoms with van der Waals surface area (Å²) in [6.07, 6.45) is 1.23. The molecule has 1 aromatic rings. The second-order valence-corrected chi connectivity index (χ2v) is 5.55. The van der Waals surface area contributed by atoms with Crippen molar-refractivity contribution < 1.29 is 9.72 Å². The number of nitrogens with one attached hydrogen (secondary N) is 2. The average molecular weight is 280 g/mol. The molecule has 0 spiro atoms. The molecule has 0 saturated heterocycles. The fourth-order valence-corrected chi connectivity index (χ4v) is 1.47. The molecule has 0 saturated carbocycles. The quantitative estimate of drug-likeness (QED) is 0.487. The first-order valence-corrected chi connectivity index (χ1v) is 6.35. The molecule has 0 aliphatic heterocycles. The van der Waals surface area contributed by atoms with Crippen LogP contribution in [0.3, 0.4) is 0 Å². The summed E-state index contributed by atoms with van der Waals surface area (Å²) in [4.78, 5) is 25.8. The van der Waals surface area contributed by atoms with Crippen molar-refractivity contribution in [2.75, 3.05) is 18.4 Å². The first-order valence-electron chi connectivity index (χ1n) is 6.35. The van der Waals surface area contributed by atoms with Crippen LogP contribution < -0.4 is 10.6 Å². The molecule has 0 atom stereocenters. The molecule has 0 aromatic carbocycles. The Bertz CT molecular complexity index is 509. The molecule has 0 radical (unpaired) electrons. The Morgan fingerprint density at radius 2 is 2.05 bits per heavy atom. The van der Waals surface area contributed by atoms with Crippen molar-refractivity contribution in [3.63, 3.8) is 0 Å². The normalized spacial score (nSPS) is 11.0. The molecular weight excluding hydrogens is 260 g/mol. The van der Waals surface area contributed by atoms with E-state index in [0.717, 1.165) is 0 Å². The number of carbonyl (C=O) groups is 1. The van der Waals surface area contributed by atoms with Crippen LogP contribution >= 0.6 is 0 Å². The number of amides is 1. The van der Waals surface area contributed by atoms with Gasteiger partial charge in [-0.1, -0.05) is 20.8 Å². The molecule has 110 valence electrons. The summed E-state index contributed by atoms with van der Waals surface area (Å²) in [6.45, 7) is 8.16. The van der Waals surface area contributed by atoms with Gasteiger partial charge in [0.25, 0.3) is 5.69 Å². The lowest BCUT2D eigenvalue weighted by atomic mass is 9.96. The van der Waals surface area contributed by atoms with Crippen LogP contribution in [0.4, 0.5) is 11.5 Å². The third kappa shape index (κ3) is 4.49. The number of nitrogens with zero attached hydrogens (tertiary/aromatic N) is 2. The smallest absolute Gasteiger partial charge is 0.290 e. The molecule has 7 heteroatoms. The van der Waals surface area contributed by atoms with Crippen molar-refractivity contribution in [3.8, 4) is 0 Å². The van der Waals surface area contributed by atoms with Gasteiger partial charge in [-0.3, -0.25) is 14.9 Å². The second-order valence-electron chi connectivity index (χ2n) is 5.55. The zero-order valence-corrected chi connectivity index (χ0v) is 12.2. The molecule has 1 amide bonds. The average Bonchev–Trinajstić information content (AvgIpc) is 2.32. The van der Waals surface area contributed by atoms with E-state index in [9.17, 15) is 14.9 Å². The Labute approximate surface area is 117 Å². The van der Waals surface area contributed by atoms with Crippen molar-refractivity contribution >= 4 is 17.4 Å². The standard InChI is InChI=1S/C13H20N4O3/c1-9-7-11(16-8-10(9)17(19)20)14-5-6-15-12(18)13(2,3)4/h7-8H,5-6H2,1-4H3,(H,14,16)(H,15,18). The number of carbonyl (C=O) groups excluding carboxylic acids is 1. The number of aromatic nitrogens is 1. The molecule has 0 aliphatic rings. The summed E-state index contributed by atoms with van der Waals surface area (Å²) >= 11 is 0. The first-order chi connectivity index (χ1) is 9.21. The lowest BCUT2D eigenvalue weighted by Gasteiger charge is -2.17. The lowest BCUT2D eigenvalue weighted by Crippen LogP contribution is -2.37. The highest BCUT2D eigenvalue weighted by atomic mass is 16.6. The molecule has 0 unspecified atom stereocenters. The zero-order chi connectivity index (χ0) is 15.3. The van der Waals surface area contributed by atoms with Crippen molar-refractivity contribution in [2.24, 2.45) is 5.41 Å². The Hall–Kier alpha value is -2.18. The minimum absolute atomic E-state index is 0.00316. The lowest BCUT2D eigenvalue weighted by molar-refractivity contribution is -0.385. The van der Waals surface area contributed by atoms with Gasteiger partial charge in [-0.25, -0.2) is 4.98 Å². The summed E-state index contributed by atoms with van der Waals surface area (Å²) < 4.78 is 0. The molecule has 1 heterocycles. The second kappa shape index (κ2) is 6.31. The topological polar surface area (TPSA) is 97.2 Å². The number of pyridine rings is 1. The van der Waals surface area contributed by atoms with E-state index in [4.69, 9.17) is 0 Å². The maximum absolute atomic E-state index is 11.6. The van der Waals surface area contributed by atoms with Crippen LogP contribution in [0.25, 0.3) is 0 Å². The summed E-state index contributed by atoms with van der Waals surface area (Å²) in [6, 6.07) is 1.61. The number of rotatable bonds is 5. The van der Waals surface area contributed by atoms with E-state index in [1.54, 1.807) is 13.0 Å². The number of hydrogen-bond donors (Lipinski definition) is 2. The fourth-order valence-electron chi connectivity index (χ4n) is 1.47. The number of anilines is 1. The Morgan fingerprint density at radius 1 is 1.40 bits per heavy atom. The van der Waals surface area contributed by atoms with Crippen molar-refractivity contribution in [3.05, 3.63) is 27.9 Å². The highest BCUT2D eigenvalue weighted by Gasteiger charge is 2.20. The van der Waals surface area contributed by atoms with Gasteiger partial charge in [0, 0.05) is 24.1 Å². The van der Waals surface area contributed by atoms with Crippen LogP contribution in [0.15, 0.2) is 12.3 Å². The highest BCUT2D eigenvalue weighted by molar-refractivity contribution is 5.81. The molecule has 2 N–H and O–H groups in total. The predicted molar refractivity (Wildman–Crippen MR) is 76.6 cm³/mol. The molecule has 0 aliphatic carbocycles. The highest BCUT2D eigenvalue weighted by Crippen LogP contribution is 2.18. The van der Waals surface area contributed by atoms with Gasteiger partial charge in [-0.2, -0.15) is 0 Å². The van der Waals surface area contributed by atoms with E-state index in [0.29, 0.717) is 24.5 Å². The zero-order valence-electron chi connectivity index (χ0n) is 12.2.